The molecule has 0 spiro atoms. The van der Waals surface area contributed by atoms with Crippen LogP contribution in [0.1, 0.15) is 43.4 Å². The number of para-hydroxylation sites is 1. The highest BCUT2D eigenvalue weighted by Crippen LogP contribution is 2.37. The number of carbonyl (C=O) groups is 2. The van der Waals surface area contributed by atoms with Crippen LogP contribution in [-0.4, -0.2) is 36.3 Å². The van der Waals surface area contributed by atoms with Crippen molar-refractivity contribution in [1.82, 2.24) is 4.90 Å². The van der Waals surface area contributed by atoms with Crippen LogP contribution in [0.3, 0.4) is 0 Å². The van der Waals surface area contributed by atoms with E-state index < -0.39 is 0 Å². The Morgan fingerprint density at radius 3 is 2.53 bits per heavy atom. The van der Waals surface area contributed by atoms with E-state index in [2.05, 4.69) is 12.1 Å². The molecule has 2 amide bonds. The van der Waals surface area contributed by atoms with E-state index in [1.807, 2.05) is 40.1 Å². The lowest BCUT2D eigenvalue weighted by Gasteiger charge is -2.37. The number of carbonyl (C=O) groups excluding carboxylic acids is 2. The summed E-state index contributed by atoms with van der Waals surface area (Å²) >= 11 is 0. The van der Waals surface area contributed by atoms with Crippen molar-refractivity contribution in [3.8, 4) is 0 Å². The maximum Gasteiger partial charge on any atom is 0.230 e. The third-order valence-electron chi connectivity index (χ3n) is 6.85. The van der Waals surface area contributed by atoms with Gasteiger partial charge in [-0.25, -0.2) is 0 Å². The molecule has 156 valence electrons. The number of amides is 2. The van der Waals surface area contributed by atoms with Crippen molar-refractivity contribution in [2.24, 2.45) is 11.8 Å². The van der Waals surface area contributed by atoms with Gasteiger partial charge in [-0.3, -0.25) is 9.59 Å². The van der Waals surface area contributed by atoms with Crippen LogP contribution in [0, 0.1) is 11.8 Å². The van der Waals surface area contributed by atoms with Crippen LogP contribution in [-0.2, 0) is 16.0 Å². The summed E-state index contributed by atoms with van der Waals surface area (Å²) in [5.41, 5.74) is 3.32. The lowest BCUT2D eigenvalue weighted by atomic mass is 9.77. The van der Waals surface area contributed by atoms with Gasteiger partial charge in [0.1, 0.15) is 5.76 Å². The summed E-state index contributed by atoms with van der Waals surface area (Å²) < 4.78 is 5.54. The Balaban J connectivity index is 1.33. The van der Waals surface area contributed by atoms with Gasteiger partial charge in [0, 0.05) is 36.8 Å². The second kappa shape index (κ2) is 8.13. The average Bonchev–Trinajstić information content (AvgIpc) is 3.48. The van der Waals surface area contributed by atoms with Gasteiger partial charge in [-0.05, 0) is 49.4 Å². The van der Waals surface area contributed by atoms with Crippen molar-refractivity contribution >= 4 is 23.1 Å². The molecule has 2 aromatic rings. The van der Waals surface area contributed by atoms with Gasteiger partial charge in [0.15, 0.2) is 0 Å². The predicted molar refractivity (Wildman–Crippen MR) is 116 cm³/mol. The van der Waals surface area contributed by atoms with E-state index in [9.17, 15) is 9.59 Å². The first kappa shape index (κ1) is 19.2. The van der Waals surface area contributed by atoms with Gasteiger partial charge in [-0.2, -0.15) is 0 Å². The number of rotatable bonds is 3. The Morgan fingerprint density at radius 1 is 0.933 bits per heavy atom. The van der Waals surface area contributed by atoms with Crippen LogP contribution in [0.2, 0.25) is 0 Å². The molecule has 0 radical (unpaired) electrons. The average molecular weight is 405 g/mol. The molecule has 0 bridgehead atoms. The second-order valence-electron chi connectivity index (χ2n) is 8.62. The number of benzene rings is 1. The molecule has 1 saturated carbocycles. The third-order valence-corrected chi connectivity index (χ3v) is 6.85. The summed E-state index contributed by atoms with van der Waals surface area (Å²) in [6.45, 7) is 2.01. The normalized spacial score (nSPS) is 23.8. The molecule has 0 N–H and O–H groups in total. The zero-order valence-electron chi connectivity index (χ0n) is 17.3. The summed E-state index contributed by atoms with van der Waals surface area (Å²) in [6, 6.07) is 12.0. The minimum Gasteiger partial charge on any atom is -0.465 e. The number of hydrogen-bond donors (Lipinski definition) is 0. The summed E-state index contributed by atoms with van der Waals surface area (Å²) in [5.74, 6) is 0.678. The summed E-state index contributed by atoms with van der Waals surface area (Å²) in [4.78, 5) is 30.9. The van der Waals surface area contributed by atoms with Crippen molar-refractivity contribution in [1.29, 1.82) is 0 Å². The highest BCUT2D eigenvalue weighted by molar-refractivity contribution is 5.99. The zero-order valence-corrected chi connectivity index (χ0v) is 17.3. The summed E-state index contributed by atoms with van der Waals surface area (Å²) in [6.07, 6.45) is 9.21. The summed E-state index contributed by atoms with van der Waals surface area (Å²) in [7, 11) is 0. The van der Waals surface area contributed by atoms with Crippen LogP contribution < -0.4 is 4.90 Å². The van der Waals surface area contributed by atoms with Crippen molar-refractivity contribution in [2.75, 3.05) is 24.5 Å². The SMILES string of the molecule is O=C([C@@H]1CCCC[C@H]1C(=O)N1CCc2ccccc21)N1CCC=C(c2ccco2)C1. The predicted octanol–water partition coefficient (Wildman–Crippen LogP) is 4.29. The molecule has 30 heavy (non-hydrogen) atoms. The lowest BCUT2D eigenvalue weighted by Crippen LogP contribution is -2.47. The minimum atomic E-state index is -0.213. The molecule has 0 unspecified atom stereocenters. The standard InChI is InChI=1S/C25H28N2O3/c28-24(26-14-5-8-19(17-26)23-12-6-16-30-23)20-9-2-3-10-21(20)25(29)27-15-13-18-7-1-4-11-22(18)27/h1,4,6-8,11-12,16,20-21H,2-3,5,9-10,13-15,17H2/t20-,21-/m1/s1. The molecule has 3 aliphatic rings. The molecular formula is C25H28N2O3. The molecule has 5 nitrogen and oxygen atoms in total. The molecule has 1 aromatic carbocycles. The van der Waals surface area contributed by atoms with Gasteiger partial charge in [-0.1, -0.05) is 37.1 Å². The molecule has 1 fully saturated rings. The third kappa shape index (κ3) is 3.47. The van der Waals surface area contributed by atoms with E-state index in [1.54, 1.807) is 6.26 Å². The van der Waals surface area contributed by atoms with Crippen molar-refractivity contribution in [3.05, 3.63) is 60.1 Å². The molecule has 5 rings (SSSR count). The highest BCUT2D eigenvalue weighted by atomic mass is 16.3. The quantitative estimate of drug-likeness (QED) is 0.767. The number of nitrogens with zero attached hydrogens (tertiary/aromatic N) is 2. The molecule has 3 heterocycles. The fourth-order valence-corrected chi connectivity index (χ4v) is 5.30. The molecule has 1 aromatic heterocycles. The number of furan rings is 1. The van der Waals surface area contributed by atoms with Crippen LogP contribution in [0.5, 0.6) is 0 Å². The van der Waals surface area contributed by atoms with Gasteiger partial charge in [0.2, 0.25) is 11.8 Å². The van der Waals surface area contributed by atoms with Crippen LogP contribution in [0.4, 0.5) is 5.69 Å². The Labute approximate surface area is 177 Å². The minimum absolute atomic E-state index is 0.136. The van der Waals surface area contributed by atoms with Gasteiger partial charge < -0.3 is 14.2 Å². The van der Waals surface area contributed by atoms with E-state index in [1.165, 1.54) is 5.56 Å². The second-order valence-corrected chi connectivity index (χ2v) is 8.62. The molecule has 2 aliphatic heterocycles. The Kier molecular flexibility index (Phi) is 5.19. The Morgan fingerprint density at radius 2 is 1.73 bits per heavy atom. The van der Waals surface area contributed by atoms with E-state index in [0.717, 1.165) is 62.1 Å². The first-order chi connectivity index (χ1) is 14.7. The van der Waals surface area contributed by atoms with Crippen LogP contribution in [0.15, 0.2) is 53.2 Å². The molecular weight excluding hydrogens is 376 g/mol. The monoisotopic (exact) mass is 404 g/mol. The van der Waals surface area contributed by atoms with Crippen LogP contribution in [0.25, 0.3) is 5.57 Å². The largest absolute Gasteiger partial charge is 0.465 e. The van der Waals surface area contributed by atoms with Crippen molar-refractivity contribution in [2.45, 2.75) is 38.5 Å². The maximum atomic E-state index is 13.5. The number of hydrogen-bond acceptors (Lipinski definition) is 3. The van der Waals surface area contributed by atoms with E-state index in [-0.39, 0.29) is 23.7 Å². The van der Waals surface area contributed by atoms with Gasteiger partial charge in [0.25, 0.3) is 0 Å². The number of fused-ring (bicyclic) bond motifs is 1. The first-order valence-corrected chi connectivity index (χ1v) is 11.1. The summed E-state index contributed by atoms with van der Waals surface area (Å²) in [5, 5.41) is 0. The van der Waals surface area contributed by atoms with Gasteiger partial charge in [-0.15, -0.1) is 0 Å². The smallest absolute Gasteiger partial charge is 0.230 e. The van der Waals surface area contributed by atoms with Gasteiger partial charge in [0.05, 0.1) is 12.2 Å². The Hall–Kier alpha value is -2.82. The fraction of sp³-hybridized carbons (Fsp3) is 0.440. The molecule has 5 heteroatoms. The van der Waals surface area contributed by atoms with E-state index in [0.29, 0.717) is 13.1 Å². The topological polar surface area (TPSA) is 53.8 Å². The fourth-order valence-electron chi connectivity index (χ4n) is 5.30. The van der Waals surface area contributed by atoms with E-state index >= 15 is 0 Å². The number of anilines is 1. The Bertz CT molecular complexity index is 963. The first-order valence-electron chi connectivity index (χ1n) is 11.1. The van der Waals surface area contributed by atoms with Crippen LogP contribution >= 0.6 is 0 Å². The highest BCUT2D eigenvalue weighted by Gasteiger charge is 2.41. The van der Waals surface area contributed by atoms with Crippen molar-refractivity contribution < 1.29 is 14.0 Å². The molecule has 1 aliphatic carbocycles. The van der Waals surface area contributed by atoms with E-state index in [4.69, 9.17) is 4.42 Å². The lowest BCUT2D eigenvalue weighted by molar-refractivity contribution is -0.142. The van der Waals surface area contributed by atoms with Crippen molar-refractivity contribution in [3.63, 3.8) is 0 Å². The maximum absolute atomic E-state index is 13.5. The van der Waals surface area contributed by atoms with Gasteiger partial charge >= 0.3 is 0 Å². The molecule has 0 saturated heterocycles. The zero-order chi connectivity index (χ0) is 20.5. The molecule has 2 atom stereocenters.